The lowest BCUT2D eigenvalue weighted by molar-refractivity contribution is -0.117. The first-order chi connectivity index (χ1) is 20.3. The number of fused-ring (bicyclic) bond motifs is 1. The third-order valence-corrected chi connectivity index (χ3v) is 7.95. The van der Waals surface area contributed by atoms with Crippen molar-refractivity contribution in [2.45, 2.75) is 57.7 Å². The van der Waals surface area contributed by atoms with Crippen molar-refractivity contribution in [3.8, 4) is 5.75 Å². The number of amides is 2. The van der Waals surface area contributed by atoms with Crippen LogP contribution in [0.2, 0.25) is 0 Å². The van der Waals surface area contributed by atoms with Crippen molar-refractivity contribution in [3.63, 3.8) is 0 Å². The highest BCUT2D eigenvalue weighted by atomic mass is 16.5. The summed E-state index contributed by atoms with van der Waals surface area (Å²) in [6.45, 7) is 5.69. The van der Waals surface area contributed by atoms with E-state index in [-0.39, 0.29) is 24.3 Å². The lowest BCUT2D eigenvalue weighted by Crippen LogP contribution is -2.48. The molecule has 1 aromatic heterocycles. The third kappa shape index (κ3) is 6.66. The number of H-pyrrole nitrogens is 1. The number of aromatic nitrogens is 1. The molecule has 8 nitrogen and oxygen atoms in total. The second-order valence-electron chi connectivity index (χ2n) is 11.3. The standard InChI is InChI=1S/C34H40N4O4/c1-22(2)28-20-36-33-27(28)17-25(18-30(33)38-14-8-13-32(38)40)34(41)37-29(16-23-9-5-4-6-10-23)31(39)21-35-19-24-11-7-12-26(15-24)42-3/h4-7,9-12,15,17-18,20,22,29,31,35-36,39H,8,13-14,16,19,21H2,1-3H3,(H,37,41)/t29-,31+/m0/s1. The summed E-state index contributed by atoms with van der Waals surface area (Å²) in [7, 11) is 1.64. The number of nitrogens with one attached hydrogen (secondary N) is 3. The zero-order chi connectivity index (χ0) is 29.6. The molecule has 2 heterocycles. The molecule has 2 amide bonds. The van der Waals surface area contributed by atoms with E-state index in [1.807, 2.05) is 66.9 Å². The molecule has 0 saturated carbocycles. The molecule has 1 fully saturated rings. The van der Waals surface area contributed by atoms with Gasteiger partial charge in [-0.1, -0.05) is 56.3 Å². The molecular formula is C34H40N4O4. The number of hydrogen-bond donors (Lipinski definition) is 4. The Balaban J connectivity index is 1.39. The molecule has 0 aliphatic carbocycles. The first kappa shape index (κ1) is 29.4. The van der Waals surface area contributed by atoms with Gasteiger partial charge in [0, 0.05) is 43.2 Å². The Morgan fingerprint density at radius 1 is 1.07 bits per heavy atom. The van der Waals surface area contributed by atoms with Gasteiger partial charge in [0.05, 0.1) is 30.5 Å². The largest absolute Gasteiger partial charge is 0.497 e. The number of methoxy groups -OCH3 is 1. The first-order valence-corrected chi connectivity index (χ1v) is 14.7. The van der Waals surface area contributed by atoms with Crippen LogP contribution in [0.15, 0.2) is 72.9 Å². The highest BCUT2D eigenvalue weighted by molar-refractivity contribution is 6.08. The number of aromatic amines is 1. The number of aliphatic hydroxyl groups excluding tert-OH is 1. The van der Waals surface area contributed by atoms with Crippen molar-refractivity contribution in [2.24, 2.45) is 0 Å². The van der Waals surface area contributed by atoms with Gasteiger partial charge in [-0.15, -0.1) is 0 Å². The van der Waals surface area contributed by atoms with Gasteiger partial charge in [0.15, 0.2) is 0 Å². The Bertz CT molecular complexity index is 1530. The summed E-state index contributed by atoms with van der Waals surface area (Å²) >= 11 is 0. The summed E-state index contributed by atoms with van der Waals surface area (Å²) in [6, 6.07) is 20.8. The van der Waals surface area contributed by atoms with E-state index in [2.05, 4.69) is 29.5 Å². The monoisotopic (exact) mass is 568 g/mol. The number of benzene rings is 3. The maximum absolute atomic E-state index is 13.8. The topological polar surface area (TPSA) is 107 Å². The molecule has 220 valence electrons. The number of ether oxygens (including phenoxy) is 1. The fourth-order valence-electron chi connectivity index (χ4n) is 5.65. The van der Waals surface area contributed by atoms with E-state index in [9.17, 15) is 14.7 Å². The molecule has 3 aromatic carbocycles. The average molecular weight is 569 g/mol. The number of hydrogen-bond acceptors (Lipinski definition) is 5. The van der Waals surface area contributed by atoms with Crippen LogP contribution in [0.3, 0.4) is 0 Å². The van der Waals surface area contributed by atoms with E-state index < -0.39 is 12.1 Å². The van der Waals surface area contributed by atoms with Gasteiger partial charge in [-0.05, 0) is 59.7 Å². The van der Waals surface area contributed by atoms with Crippen LogP contribution in [0.5, 0.6) is 5.75 Å². The minimum absolute atomic E-state index is 0.0639. The normalized spacial score (nSPS) is 14.9. The zero-order valence-electron chi connectivity index (χ0n) is 24.5. The van der Waals surface area contributed by atoms with Crippen molar-refractivity contribution in [3.05, 3.63) is 95.2 Å². The van der Waals surface area contributed by atoms with Crippen molar-refractivity contribution in [2.75, 3.05) is 25.1 Å². The van der Waals surface area contributed by atoms with Crippen molar-refractivity contribution in [1.29, 1.82) is 0 Å². The minimum Gasteiger partial charge on any atom is -0.497 e. The lowest BCUT2D eigenvalue weighted by Gasteiger charge is -2.25. The molecule has 4 N–H and O–H groups in total. The van der Waals surface area contributed by atoms with E-state index in [4.69, 9.17) is 4.74 Å². The van der Waals surface area contributed by atoms with Crippen LogP contribution in [0.4, 0.5) is 5.69 Å². The fraction of sp³-hybridized carbons (Fsp3) is 0.353. The number of nitrogens with zero attached hydrogens (tertiary/aromatic N) is 1. The molecule has 0 unspecified atom stereocenters. The second kappa shape index (κ2) is 13.2. The quantitative estimate of drug-likeness (QED) is 0.194. The number of carbonyl (C=O) groups is 2. The molecule has 1 aliphatic heterocycles. The fourth-order valence-corrected chi connectivity index (χ4v) is 5.65. The first-order valence-electron chi connectivity index (χ1n) is 14.7. The van der Waals surface area contributed by atoms with Gasteiger partial charge in [0.2, 0.25) is 5.91 Å². The maximum atomic E-state index is 13.8. The van der Waals surface area contributed by atoms with Gasteiger partial charge in [-0.3, -0.25) is 9.59 Å². The van der Waals surface area contributed by atoms with Gasteiger partial charge in [-0.2, -0.15) is 0 Å². The van der Waals surface area contributed by atoms with Gasteiger partial charge >= 0.3 is 0 Å². The van der Waals surface area contributed by atoms with Gasteiger partial charge in [-0.25, -0.2) is 0 Å². The Morgan fingerprint density at radius 2 is 1.86 bits per heavy atom. The Hall–Kier alpha value is -4.14. The average Bonchev–Trinajstić information content (AvgIpc) is 3.63. The van der Waals surface area contributed by atoms with Gasteiger partial charge < -0.3 is 30.4 Å². The zero-order valence-corrected chi connectivity index (χ0v) is 24.5. The minimum atomic E-state index is -0.846. The van der Waals surface area contributed by atoms with Crippen molar-refractivity contribution >= 4 is 28.4 Å². The summed E-state index contributed by atoms with van der Waals surface area (Å²) in [5.74, 6) is 0.795. The summed E-state index contributed by atoms with van der Waals surface area (Å²) in [4.78, 5) is 31.7. The predicted octanol–water partition coefficient (Wildman–Crippen LogP) is 4.92. The Kier molecular flexibility index (Phi) is 9.25. The second-order valence-corrected chi connectivity index (χ2v) is 11.3. The Labute approximate surface area is 247 Å². The molecule has 8 heteroatoms. The molecular weight excluding hydrogens is 528 g/mol. The number of rotatable bonds is 12. The molecule has 5 rings (SSSR count). The number of anilines is 1. The van der Waals surface area contributed by atoms with E-state index in [1.165, 1.54) is 0 Å². The van der Waals surface area contributed by atoms with E-state index in [1.54, 1.807) is 18.1 Å². The van der Waals surface area contributed by atoms with Crippen LogP contribution in [0.25, 0.3) is 10.9 Å². The summed E-state index contributed by atoms with van der Waals surface area (Å²) in [6.07, 6.45) is 2.89. The molecule has 1 aliphatic rings. The molecule has 2 atom stereocenters. The molecule has 0 bridgehead atoms. The molecule has 1 saturated heterocycles. The molecule has 4 aromatic rings. The van der Waals surface area contributed by atoms with E-state index >= 15 is 0 Å². The van der Waals surface area contributed by atoms with E-state index in [0.29, 0.717) is 31.5 Å². The third-order valence-electron chi connectivity index (χ3n) is 7.95. The molecule has 0 radical (unpaired) electrons. The van der Waals surface area contributed by atoms with Crippen molar-refractivity contribution < 1.29 is 19.4 Å². The molecule has 42 heavy (non-hydrogen) atoms. The number of aliphatic hydroxyl groups is 1. The summed E-state index contributed by atoms with van der Waals surface area (Å²) < 4.78 is 5.31. The van der Waals surface area contributed by atoms with Gasteiger partial charge in [0.25, 0.3) is 5.91 Å². The van der Waals surface area contributed by atoms with Crippen LogP contribution >= 0.6 is 0 Å². The maximum Gasteiger partial charge on any atom is 0.251 e. The van der Waals surface area contributed by atoms with Crippen molar-refractivity contribution in [1.82, 2.24) is 15.6 Å². The summed E-state index contributed by atoms with van der Waals surface area (Å²) in [5, 5.41) is 18.7. The Morgan fingerprint density at radius 3 is 2.57 bits per heavy atom. The molecule has 0 spiro atoms. The predicted molar refractivity (Wildman–Crippen MR) is 166 cm³/mol. The van der Waals surface area contributed by atoms with Crippen LogP contribution < -0.4 is 20.3 Å². The van der Waals surface area contributed by atoms with Crippen LogP contribution in [0.1, 0.15) is 59.7 Å². The SMILES string of the molecule is COc1cccc(CNC[C@@H](O)[C@H](Cc2ccccc2)NC(=O)c2cc(N3CCCC3=O)c3[nH]cc(C(C)C)c3c2)c1. The highest BCUT2D eigenvalue weighted by Gasteiger charge is 2.28. The lowest BCUT2D eigenvalue weighted by atomic mass is 9.98. The van der Waals surface area contributed by atoms with E-state index in [0.717, 1.165) is 45.5 Å². The van der Waals surface area contributed by atoms with Crippen LogP contribution in [-0.4, -0.2) is 54.2 Å². The summed E-state index contributed by atoms with van der Waals surface area (Å²) in [5.41, 5.74) is 5.21. The number of carbonyl (C=O) groups excluding carboxylic acids is 2. The van der Waals surface area contributed by atoms with Crippen LogP contribution in [0, 0.1) is 0 Å². The highest BCUT2D eigenvalue weighted by Crippen LogP contribution is 2.35. The van der Waals surface area contributed by atoms with Gasteiger partial charge in [0.1, 0.15) is 5.75 Å². The van der Waals surface area contributed by atoms with Crippen LogP contribution in [-0.2, 0) is 17.8 Å². The smallest absolute Gasteiger partial charge is 0.251 e.